The summed E-state index contributed by atoms with van der Waals surface area (Å²) in [5, 5.41) is 0. The zero-order valence-electron chi connectivity index (χ0n) is 11.2. The summed E-state index contributed by atoms with van der Waals surface area (Å²) in [5.74, 6) is 0. The molecule has 0 unspecified atom stereocenters. The topological polar surface area (TPSA) is 29.5 Å². The molecule has 0 N–H and O–H groups in total. The molecule has 0 saturated carbocycles. The van der Waals surface area contributed by atoms with E-state index in [2.05, 4.69) is 20.8 Å². The zero-order chi connectivity index (χ0) is 12.3. The first-order chi connectivity index (χ1) is 6.55. The lowest BCUT2D eigenvalue weighted by atomic mass is 9.96. The summed E-state index contributed by atoms with van der Waals surface area (Å²) in [6.45, 7) is 15.4. The summed E-state index contributed by atoms with van der Waals surface area (Å²) in [7, 11) is 0. The van der Waals surface area contributed by atoms with Crippen molar-refractivity contribution in [3.8, 4) is 0 Å². The van der Waals surface area contributed by atoms with Gasteiger partial charge >= 0.3 is 6.09 Å². The van der Waals surface area contributed by atoms with E-state index in [0.717, 1.165) is 6.54 Å². The normalized spacial score (nSPS) is 12.5. The molecule has 0 rings (SSSR count). The maximum absolute atomic E-state index is 11.8. The van der Waals surface area contributed by atoms with Gasteiger partial charge in [-0.25, -0.2) is 4.79 Å². The van der Waals surface area contributed by atoms with Gasteiger partial charge in [-0.05, 0) is 33.1 Å². The van der Waals surface area contributed by atoms with Crippen LogP contribution in [0.1, 0.15) is 48.5 Å². The molecule has 0 aromatic carbocycles. The molecular formula is C12H25NO2. The van der Waals surface area contributed by atoms with Gasteiger partial charge in [-0.3, -0.25) is 0 Å². The maximum Gasteiger partial charge on any atom is 0.410 e. The number of nitrogens with zero attached hydrogens (tertiary/aromatic N) is 1. The number of hydrogen-bond donors (Lipinski definition) is 0. The molecule has 15 heavy (non-hydrogen) atoms. The number of carbonyl (C=O) groups is 1. The van der Waals surface area contributed by atoms with E-state index in [1.165, 1.54) is 0 Å². The van der Waals surface area contributed by atoms with E-state index in [1.54, 1.807) is 4.90 Å². The second-order valence-corrected chi connectivity index (χ2v) is 6.06. The van der Waals surface area contributed by atoms with Gasteiger partial charge in [0.15, 0.2) is 0 Å². The lowest BCUT2D eigenvalue weighted by molar-refractivity contribution is 0.0200. The molecule has 3 nitrogen and oxygen atoms in total. The van der Waals surface area contributed by atoms with Gasteiger partial charge in [0.1, 0.15) is 5.60 Å². The van der Waals surface area contributed by atoms with E-state index >= 15 is 0 Å². The van der Waals surface area contributed by atoms with Gasteiger partial charge < -0.3 is 9.64 Å². The summed E-state index contributed by atoms with van der Waals surface area (Å²) in [6.07, 6.45) is -0.222. The first-order valence-electron chi connectivity index (χ1n) is 5.53. The predicted molar refractivity (Wildman–Crippen MR) is 62.9 cm³/mol. The smallest absolute Gasteiger partial charge is 0.410 e. The molecule has 0 heterocycles. The molecule has 0 aliphatic rings. The summed E-state index contributed by atoms with van der Waals surface area (Å²) in [5.41, 5.74) is -0.310. The third-order valence-electron chi connectivity index (χ3n) is 1.70. The van der Waals surface area contributed by atoms with Crippen molar-refractivity contribution in [1.29, 1.82) is 0 Å². The second-order valence-electron chi connectivity index (χ2n) is 6.06. The van der Waals surface area contributed by atoms with Crippen LogP contribution in [-0.2, 0) is 4.74 Å². The van der Waals surface area contributed by atoms with Crippen molar-refractivity contribution < 1.29 is 9.53 Å². The molecule has 0 bridgehead atoms. The van der Waals surface area contributed by atoms with Crippen molar-refractivity contribution >= 4 is 6.09 Å². The average Bonchev–Trinajstić information content (AvgIpc) is 1.94. The Kier molecular flexibility index (Phi) is 4.63. The zero-order valence-corrected chi connectivity index (χ0v) is 11.2. The number of amides is 1. The summed E-state index contributed by atoms with van der Waals surface area (Å²) < 4.78 is 5.32. The van der Waals surface area contributed by atoms with Crippen LogP contribution >= 0.6 is 0 Å². The van der Waals surface area contributed by atoms with Crippen molar-refractivity contribution in [3.05, 3.63) is 0 Å². The number of ether oxygens (including phenoxy) is 1. The van der Waals surface area contributed by atoms with Gasteiger partial charge in [-0.1, -0.05) is 20.8 Å². The van der Waals surface area contributed by atoms with Crippen LogP contribution in [0.2, 0.25) is 0 Å². The Labute approximate surface area is 93.8 Å². The maximum atomic E-state index is 11.8. The monoisotopic (exact) mass is 215 g/mol. The quantitative estimate of drug-likeness (QED) is 0.707. The molecule has 0 aliphatic carbocycles. The van der Waals surface area contributed by atoms with E-state index in [4.69, 9.17) is 4.74 Å². The lowest BCUT2D eigenvalue weighted by Gasteiger charge is -2.31. The Morgan fingerprint density at radius 1 is 1.13 bits per heavy atom. The first-order valence-corrected chi connectivity index (χ1v) is 5.53. The predicted octanol–water partition coefficient (Wildman–Crippen LogP) is 3.29. The minimum absolute atomic E-state index is 0.104. The fourth-order valence-corrected chi connectivity index (χ4v) is 1.20. The molecule has 3 heteroatoms. The number of hydrogen-bond acceptors (Lipinski definition) is 2. The molecule has 0 fully saturated rings. The fraction of sp³-hybridized carbons (Fsp3) is 0.917. The SMILES string of the molecule is CCN(CC(C)(C)C)C(=O)OC(C)(C)C. The van der Waals surface area contributed by atoms with Gasteiger partial charge in [0.2, 0.25) is 0 Å². The fourth-order valence-electron chi connectivity index (χ4n) is 1.20. The number of carbonyl (C=O) groups excluding carboxylic acids is 1. The van der Waals surface area contributed by atoms with Crippen molar-refractivity contribution in [1.82, 2.24) is 4.90 Å². The Hall–Kier alpha value is -0.730. The standard InChI is InChI=1S/C12H25NO2/c1-8-13(9-11(2,3)4)10(14)15-12(5,6)7/h8-9H2,1-7H3. The first kappa shape index (κ1) is 14.3. The largest absolute Gasteiger partial charge is 0.444 e. The van der Waals surface area contributed by atoms with Crippen LogP contribution in [0.25, 0.3) is 0 Å². The van der Waals surface area contributed by atoms with E-state index in [9.17, 15) is 4.79 Å². The molecule has 1 amide bonds. The molecule has 90 valence electrons. The summed E-state index contributed by atoms with van der Waals surface area (Å²) in [4.78, 5) is 13.5. The van der Waals surface area contributed by atoms with Gasteiger partial charge in [0.05, 0.1) is 0 Å². The lowest BCUT2D eigenvalue weighted by Crippen LogP contribution is -2.41. The molecule has 0 spiro atoms. The van der Waals surface area contributed by atoms with Crippen LogP contribution in [-0.4, -0.2) is 29.7 Å². The van der Waals surface area contributed by atoms with Crippen molar-refractivity contribution in [2.24, 2.45) is 5.41 Å². The summed E-state index contributed by atoms with van der Waals surface area (Å²) >= 11 is 0. The Balaban J connectivity index is 4.36. The third kappa shape index (κ3) is 7.23. The van der Waals surface area contributed by atoms with Crippen LogP contribution in [0, 0.1) is 5.41 Å². The Morgan fingerprint density at radius 2 is 1.60 bits per heavy atom. The van der Waals surface area contributed by atoms with Crippen LogP contribution in [0.3, 0.4) is 0 Å². The van der Waals surface area contributed by atoms with Crippen LogP contribution < -0.4 is 0 Å². The molecule has 0 aliphatic heterocycles. The molecule has 0 saturated heterocycles. The molecule has 0 aromatic heterocycles. The van der Waals surface area contributed by atoms with Crippen LogP contribution in [0.15, 0.2) is 0 Å². The highest BCUT2D eigenvalue weighted by atomic mass is 16.6. The van der Waals surface area contributed by atoms with Crippen molar-refractivity contribution in [2.75, 3.05) is 13.1 Å². The highest BCUT2D eigenvalue weighted by Gasteiger charge is 2.24. The van der Waals surface area contributed by atoms with Crippen molar-refractivity contribution in [2.45, 2.75) is 54.1 Å². The molecule has 0 radical (unpaired) electrons. The highest BCUT2D eigenvalue weighted by Crippen LogP contribution is 2.17. The average molecular weight is 215 g/mol. The van der Waals surface area contributed by atoms with Crippen molar-refractivity contribution in [3.63, 3.8) is 0 Å². The van der Waals surface area contributed by atoms with Gasteiger partial charge in [0.25, 0.3) is 0 Å². The van der Waals surface area contributed by atoms with E-state index < -0.39 is 5.60 Å². The highest BCUT2D eigenvalue weighted by molar-refractivity contribution is 5.68. The minimum atomic E-state index is -0.414. The molecule has 0 aromatic rings. The number of rotatable bonds is 2. The minimum Gasteiger partial charge on any atom is -0.444 e. The molecule has 0 atom stereocenters. The van der Waals surface area contributed by atoms with E-state index in [-0.39, 0.29) is 11.5 Å². The Bertz CT molecular complexity index is 211. The second kappa shape index (κ2) is 4.86. The van der Waals surface area contributed by atoms with Gasteiger partial charge in [-0.15, -0.1) is 0 Å². The Morgan fingerprint density at radius 3 is 1.87 bits per heavy atom. The van der Waals surface area contributed by atoms with E-state index in [1.807, 2.05) is 27.7 Å². The van der Waals surface area contributed by atoms with Gasteiger partial charge in [-0.2, -0.15) is 0 Å². The third-order valence-corrected chi connectivity index (χ3v) is 1.70. The van der Waals surface area contributed by atoms with E-state index in [0.29, 0.717) is 6.54 Å². The summed E-state index contributed by atoms with van der Waals surface area (Å²) in [6, 6.07) is 0. The molecular weight excluding hydrogens is 190 g/mol. The van der Waals surface area contributed by atoms with Gasteiger partial charge in [0, 0.05) is 13.1 Å². The van der Waals surface area contributed by atoms with Crippen LogP contribution in [0.5, 0.6) is 0 Å². The van der Waals surface area contributed by atoms with Crippen LogP contribution in [0.4, 0.5) is 4.79 Å².